The van der Waals surface area contributed by atoms with Crippen LogP contribution < -0.4 is 5.32 Å². The van der Waals surface area contributed by atoms with E-state index < -0.39 is 10.8 Å². The summed E-state index contributed by atoms with van der Waals surface area (Å²) in [6.07, 6.45) is 11.5. The van der Waals surface area contributed by atoms with Gasteiger partial charge in [0.1, 0.15) is 0 Å². The highest BCUT2D eigenvalue weighted by Gasteiger charge is 2.69. The smallest absolute Gasteiger partial charge is 0.243 e. The van der Waals surface area contributed by atoms with Gasteiger partial charge in [0.05, 0.1) is 6.57 Å². The molecule has 0 unspecified atom stereocenters. The van der Waals surface area contributed by atoms with Crippen LogP contribution in [0.5, 0.6) is 0 Å². The molecule has 5 nitrogen and oxygen atoms in total. The first kappa shape index (κ1) is 27.1. The van der Waals surface area contributed by atoms with E-state index in [1.54, 1.807) is 0 Å². The van der Waals surface area contributed by atoms with Crippen molar-refractivity contribution in [3.05, 3.63) is 47.5 Å². The van der Waals surface area contributed by atoms with Crippen LogP contribution in [0.2, 0.25) is 0 Å². The maximum Gasteiger partial charge on any atom is 0.243 e. The van der Waals surface area contributed by atoms with Crippen LogP contribution in [0.1, 0.15) is 93.4 Å². The number of fused-ring (bicyclic) bond motifs is 7. The van der Waals surface area contributed by atoms with E-state index in [-0.39, 0.29) is 62.7 Å². The molecule has 5 heteroatoms. The zero-order chi connectivity index (χ0) is 28.1. The lowest BCUT2D eigenvalue weighted by atomic mass is 9.35. The number of carbonyl (C=O) groups excluding carboxylic acids is 3. The molecule has 5 aliphatic carbocycles. The minimum atomic E-state index is -0.656. The summed E-state index contributed by atoms with van der Waals surface area (Å²) in [5.74, 6) is -0.145. The number of amides is 1. The summed E-state index contributed by atoms with van der Waals surface area (Å²) in [6.45, 7) is 26.8. The molecule has 5 rings (SSSR count). The summed E-state index contributed by atoms with van der Waals surface area (Å²) in [4.78, 5) is 44.0. The summed E-state index contributed by atoms with van der Waals surface area (Å²) >= 11 is 0. The Kier molecular flexibility index (Phi) is 5.72. The summed E-state index contributed by atoms with van der Waals surface area (Å²) in [5, 5.41) is 3.35. The topological polar surface area (TPSA) is 67.6 Å². The molecular weight excluding hydrogens is 472 g/mol. The molecule has 0 saturated heterocycles. The molecule has 7 atom stereocenters. The molecule has 38 heavy (non-hydrogen) atoms. The van der Waals surface area contributed by atoms with Crippen LogP contribution in [0.3, 0.4) is 0 Å². The Labute approximate surface area is 228 Å². The number of Topliss-reactive ketones (excluding diaryl/α,β-unsaturated/α-hetero) is 1. The van der Waals surface area contributed by atoms with Gasteiger partial charge >= 0.3 is 0 Å². The van der Waals surface area contributed by atoms with E-state index in [4.69, 9.17) is 6.57 Å². The molecule has 3 fully saturated rings. The van der Waals surface area contributed by atoms with Gasteiger partial charge in [0.2, 0.25) is 11.6 Å². The maximum absolute atomic E-state index is 14.4. The largest absolute Gasteiger partial charge is 0.347 e. The Balaban J connectivity index is 1.68. The number of ketones is 2. The Morgan fingerprint density at radius 2 is 1.71 bits per heavy atom. The number of nitrogens with one attached hydrogen (secondary N) is 1. The van der Waals surface area contributed by atoms with E-state index >= 15 is 0 Å². The fraction of sp³-hybridized carbons (Fsp3) is 0.697. The summed E-state index contributed by atoms with van der Waals surface area (Å²) in [6, 6.07) is 0. The van der Waals surface area contributed by atoms with Crippen LogP contribution >= 0.6 is 0 Å². The van der Waals surface area contributed by atoms with Crippen LogP contribution in [-0.4, -0.2) is 23.0 Å². The zero-order valence-electron chi connectivity index (χ0n) is 24.3. The van der Waals surface area contributed by atoms with Crippen LogP contribution in [0, 0.1) is 51.4 Å². The lowest BCUT2D eigenvalue weighted by Crippen LogP contribution is -2.69. The molecule has 0 aromatic heterocycles. The van der Waals surface area contributed by atoms with E-state index in [0.29, 0.717) is 0 Å². The molecule has 1 amide bonds. The van der Waals surface area contributed by atoms with Gasteiger partial charge in [0, 0.05) is 22.3 Å². The first-order chi connectivity index (χ1) is 17.5. The average molecular weight is 517 g/mol. The third-order valence-corrected chi connectivity index (χ3v) is 12.4. The Bertz CT molecular complexity index is 1250. The number of hydrogen-bond donors (Lipinski definition) is 1. The summed E-state index contributed by atoms with van der Waals surface area (Å²) in [5.41, 5.74) is -0.664. The highest BCUT2D eigenvalue weighted by atomic mass is 16.2. The number of rotatable bonds is 2. The van der Waals surface area contributed by atoms with Crippen molar-refractivity contribution >= 4 is 17.5 Å². The minimum absolute atomic E-state index is 0.0449. The van der Waals surface area contributed by atoms with Gasteiger partial charge in [0.15, 0.2) is 11.6 Å². The van der Waals surface area contributed by atoms with E-state index in [9.17, 15) is 14.4 Å². The second-order valence-electron chi connectivity index (χ2n) is 15.1. The molecule has 0 aromatic rings. The molecule has 0 radical (unpaired) electrons. The first-order valence-corrected chi connectivity index (χ1v) is 14.4. The highest BCUT2D eigenvalue weighted by Crippen LogP contribution is 2.73. The van der Waals surface area contributed by atoms with Gasteiger partial charge in [0.25, 0.3) is 0 Å². The number of nitrogens with zero attached hydrogens (tertiary/aromatic N) is 1. The van der Waals surface area contributed by atoms with Crippen molar-refractivity contribution in [3.63, 3.8) is 0 Å². The van der Waals surface area contributed by atoms with Gasteiger partial charge in [-0.2, -0.15) is 0 Å². The van der Waals surface area contributed by atoms with Gasteiger partial charge in [-0.3, -0.25) is 9.59 Å². The fourth-order valence-electron chi connectivity index (χ4n) is 10.1. The maximum atomic E-state index is 14.4. The molecule has 204 valence electrons. The van der Waals surface area contributed by atoms with Crippen LogP contribution in [-0.2, 0) is 14.4 Å². The number of allylic oxidation sites excluding steroid dienone is 4. The Morgan fingerprint density at radius 3 is 2.34 bits per heavy atom. The van der Waals surface area contributed by atoms with Crippen molar-refractivity contribution < 1.29 is 14.4 Å². The summed E-state index contributed by atoms with van der Waals surface area (Å²) in [7, 11) is 0. The molecule has 0 heterocycles. The molecule has 1 N–H and O–H groups in total. The third kappa shape index (κ3) is 3.31. The molecule has 0 aliphatic heterocycles. The van der Waals surface area contributed by atoms with Crippen LogP contribution in [0.4, 0.5) is 0 Å². The van der Waals surface area contributed by atoms with Crippen molar-refractivity contribution in [1.82, 2.24) is 5.32 Å². The minimum Gasteiger partial charge on any atom is -0.347 e. The Morgan fingerprint density at radius 1 is 1.05 bits per heavy atom. The van der Waals surface area contributed by atoms with Gasteiger partial charge in [-0.1, -0.05) is 66.7 Å². The predicted octanol–water partition coefficient (Wildman–Crippen LogP) is 6.61. The van der Waals surface area contributed by atoms with Crippen molar-refractivity contribution in [2.24, 2.45) is 44.8 Å². The average Bonchev–Trinajstić information content (AvgIpc) is 2.83. The molecule has 5 aliphatic rings. The van der Waals surface area contributed by atoms with E-state index in [0.717, 1.165) is 50.5 Å². The van der Waals surface area contributed by atoms with E-state index in [1.807, 2.05) is 26.0 Å². The van der Waals surface area contributed by atoms with Crippen LogP contribution in [0.25, 0.3) is 4.85 Å². The van der Waals surface area contributed by atoms with Crippen LogP contribution in [0.15, 0.2) is 36.1 Å². The lowest BCUT2D eigenvalue weighted by Gasteiger charge is -2.69. The predicted molar refractivity (Wildman–Crippen MR) is 149 cm³/mol. The van der Waals surface area contributed by atoms with Gasteiger partial charge in [-0.05, 0) is 85.2 Å². The standard InChI is InChI=1S/C33H44N2O3/c1-10-25(37)35-33-15-13-28(2,3)18-20(33)26-22(36)17-24-30(6)19-21(34-9)27(38)29(4,5)23(30)11-12-31(24,7)32(26,8)14-16-33/h10,17,19-20,23,26H,1,11-16,18H2,2-8H3,(H,35,37)/t20-,23-,26-,30-,31+,32+,33-/m0/s1. The second kappa shape index (κ2) is 8.03. The zero-order valence-corrected chi connectivity index (χ0v) is 24.3. The SMILES string of the molecule is [C-]#[N+]C1=C[C@]2(C)C3=CC(=O)[C@@H]4[C@@H]5CC(C)(C)CC[C@]5(NC(=O)C=C)CC[C@@]4(C)[C@]3(C)CC[C@H]2C(C)(C)C1=O. The van der Waals surface area contributed by atoms with Crippen molar-refractivity contribution in [3.8, 4) is 0 Å². The Hall–Kier alpha value is -2.48. The monoisotopic (exact) mass is 516 g/mol. The van der Waals surface area contributed by atoms with Crippen molar-refractivity contribution in [2.75, 3.05) is 0 Å². The number of hydrogen-bond acceptors (Lipinski definition) is 3. The normalized spacial score (nSPS) is 44.6. The van der Waals surface area contributed by atoms with Gasteiger partial charge in [-0.25, -0.2) is 4.85 Å². The fourth-order valence-corrected chi connectivity index (χ4v) is 10.1. The molecule has 0 bridgehead atoms. The molecule has 0 spiro atoms. The number of carbonyl (C=O) groups is 3. The third-order valence-electron chi connectivity index (χ3n) is 12.4. The van der Waals surface area contributed by atoms with Crippen molar-refractivity contribution in [2.45, 2.75) is 99.0 Å². The molecule has 0 aromatic carbocycles. The highest BCUT2D eigenvalue weighted by molar-refractivity contribution is 6.03. The quantitative estimate of drug-likeness (QED) is 0.332. The summed E-state index contributed by atoms with van der Waals surface area (Å²) < 4.78 is 0. The van der Waals surface area contributed by atoms with E-state index in [2.05, 4.69) is 51.4 Å². The van der Waals surface area contributed by atoms with E-state index in [1.165, 1.54) is 6.08 Å². The van der Waals surface area contributed by atoms with Gasteiger partial charge in [-0.15, -0.1) is 0 Å². The lowest BCUT2D eigenvalue weighted by molar-refractivity contribution is -0.163. The van der Waals surface area contributed by atoms with Gasteiger partial charge < -0.3 is 10.1 Å². The molecular formula is C33H44N2O3. The molecule has 3 saturated carbocycles. The first-order valence-electron chi connectivity index (χ1n) is 14.4. The second-order valence-corrected chi connectivity index (χ2v) is 15.1. The van der Waals surface area contributed by atoms with Crippen molar-refractivity contribution in [1.29, 1.82) is 0 Å².